The van der Waals surface area contributed by atoms with Crippen LogP contribution < -0.4 is 4.72 Å². The van der Waals surface area contributed by atoms with E-state index >= 15 is 0 Å². The summed E-state index contributed by atoms with van der Waals surface area (Å²) in [6, 6.07) is 5.80. The number of nitrogens with one attached hydrogen (secondary N) is 1. The zero-order chi connectivity index (χ0) is 15.6. The lowest BCUT2D eigenvalue weighted by Crippen LogP contribution is -2.24. The molecule has 112 valence electrons. The number of carbonyl (C=O) groups is 1. The van der Waals surface area contributed by atoms with Crippen LogP contribution >= 0.6 is 15.9 Å². The quantitative estimate of drug-likeness (QED) is 0.839. The number of rotatable bonds is 5. The monoisotopic (exact) mass is 373 g/mol. The Balaban J connectivity index is 2.37. The van der Waals surface area contributed by atoms with Crippen LogP contribution in [0.1, 0.15) is 21.7 Å². The molecule has 1 heterocycles. The van der Waals surface area contributed by atoms with Gasteiger partial charge in [0.15, 0.2) is 0 Å². The molecule has 2 aromatic rings. The maximum Gasteiger partial charge on any atom is 0.335 e. The predicted octanol–water partition coefficient (Wildman–Crippen LogP) is 2.53. The van der Waals surface area contributed by atoms with Crippen molar-refractivity contribution in [1.82, 2.24) is 4.72 Å². The Morgan fingerprint density at radius 3 is 2.71 bits per heavy atom. The Morgan fingerprint density at radius 1 is 1.43 bits per heavy atom. The number of aromatic carboxylic acids is 1. The Labute approximate surface area is 130 Å². The number of carboxylic acid groups (broad SMARTS) is 1. The molecule has 1 aromatic heterocycles. The van der Waals surface area contributed by atoms with Crippen LogP contribution in [-0.4, -0.2) is 19.5 Å². The summed E-state index contributed by atoms with van der Waals surface area (Å²) in [5.41, 5.74) is 0.433. The van der Waals surface area contributed by atoms with E-state index in [9.17, 15) is 13.2 Å². The fourth-order valence-corrected chi connectivity index (χ4v) is 3.75. The number of benzene rings is 1. The van der Waals surface area contributed by atoms with Gasteiger partial charge in [0, 0.05) is 4.47 Å². The van der Waals surface area contributed by atoms with Crippen LogP contribution in [0, 0.1) is 6.92 Å². The molecule has 0 atom stereocenters. The lowest BCUT2D eigenvalue weighted by Gasteiger charge is -2.10. The number of aryl methyl sites for hydroxylation is 1. The smallest absolute Gasteiger partial charge is 0.335 e. The van der Waals surface area contributed by atoms with Crippen molar-refractivity contribution in [3.8, 4) is 0 Å². The third kappa shape index (κ3) is 3.52. The van der Waals surface area contributed by atoms with Gasteiger partial charge in [0.05, 0.1) is 23.3 Å². The highest BCUT2D eigenvalue weighted by Crippen LogP contribution is 2.27. The van der Waals surface area contributed by atoms with Gasteiger partial charge in [-0.15, -0.1) is 0 Å². The molecular weight excluding hydrogens is 362 g/mol. The molecule has 0 unspecified atom stereocenters. The van der Waals surface area contributed by atoms with Crippen LogP contribution in [0.15, 0.2) is 44.3 Å². The summed E-state index contributed by atoms with van der Waals surface area (Å²) in [7, 11) is -3.87. The standard InChI is InChI=1S/C13H12BrNO5S/c1-8-5-9(13(16)17)6-11(12(8)14)21(18,19)15-7-10-3-2-4-20-10/h2-6,15H,7H2,1H3,(H,16,17). The van der Waals surface area contributed by atoms with Crippen LogP contribution in [0.4, 0.5) is 0 Å². The summed E-state index contributed by atoms with van der Waals surface area (Å²) in [4.78, 5) is 10.9. The molecule has 6 nitrogen and oxygen atoms in total. The second-order valence-electron chi connectivity index (χ2n) is 4.31. The molecule has 1 aromatic carbocycles. The molecular formula is C13H12BrNO5S. The van der Waals surface area contributed by atoms with Crippen molar-refractivity contribution in [3.63, 3.8) is 0 Å². The van der Waals surface area contributed by atoms with Crippen LogP contribution in [0.3, 0.4) is 0 Å². The molecule has 0 bridgehead atoms. The number of hydrogen-bond acceptors (Lipinski definition) is 4. The molecule has 0 spiro atoms. The first kappa shape index (κ1) is 15.7. The summed E-state index contributed by atoms with van der Waals surface area (Å²) in [5, 5.41) is 9.02. The Kier molecular flexibility index (Phi) is 4.50. The fourth-order valence-electron chi connectivity index (χ4n) is 1.71. The molecule has 0 amide bonds. The van der Waals surface area contributed by atoms with Crippen LogP contribution in [0.2, 0.25) is 0 Å². The van der Waals surface area contributed by atoms with Crippen molar-refractivity contribution in [1.29, 1.82) is 0 Å². The molecule has 2 N–H and O–H groups in total. The van der Waals surface area contributed by atoms with Crippen molar-refractivity contribution in [3.05, 3.63) is 51.9 Å². The van der Waals surface area contributed by atoms with Crippen LogP contribution in [0.25, 0.3) is 0 Å². The van der Waals surface area contributed by atoms with E-state index < -0.39 is 16.0 Å². The highest BCUT2D eigenvalue weighted by molar-refractivity contribution is 9.10. The minimum Gasteiger partial charge on any atom is -0.478 e. The lowest BCUT2D eigenvalue weighted by atomic mass is 10.1. The Bertz CT molecular complexity index is 768. The second kappa shape index (κ2) is 6.00. The van der Waals surface area contributed by atoms with Crippen molar-refractivity contribution < 1.29 is 22.7 Å². The lowest BCUT2D eigenvalue weighted by molar-refractivity contribution is 0.0696. The maximum atomic E-state index is 12.3. The van der Waals surface area contributed by atoms with Crippen LogP contribution in [-0.2, 0) is 16.6 Å². The van der Waals surface area contributed by atoms with Crippen molar-refractivity contribution >= 4 is 31.9 Å². The molecule has 0 fully saturated rings. The number of furan rings is 1. The van der Waals surface area contributed by atoms with Gasteiger partial charge in [-0.25, -0.2) is 17.9 Å². The first-order valence-corrected chi connectivity index (χ1v) is 8.14. The van der Waals surface area contributed by atoms with E-state index in [1.807, 2.05) is 0 Å². The third-order valence-electron chi connectivity index (χ3n) is 2.77. The molecule has 0 radical (unpaired) electrons. The summed E-state index contributed by atoms with van der Waals surface area (Å²) >= 11 is 3.18. The maximum absolute atomic E-state index is 12.3. The molecule has 21 heavy (non-hydrogen) atoms. The molecule has 8 heteroatoms. The van der Waals surface area contributed by atoms with E-state index in [-0.39, 0.29) is 17.0 Å². The Hall–Kier alpha value is -1.64. The van der Waals surface area contributed by atoms with Gasteiger partial charge in [-0.1, -0.05) is 0 Å². The van der Waals surface area contributed by atoms with Crippen molar-refractivity contribution in [2.45, 2.75) is 18.4 Å². The first-order chi connectivity index (χ1) is 9.81. The summed E-state index contributed by atoms with van der Waals surface area (Å²) in [6.45, 7) is 1.61. The van der Waals surface area contributed by atoms with Crippen molar-refractivity contribution in [2.24, 2.45) is 0 Å². The van der Waals surface area contributed by atoms with Crippen molar-refractivity contribution in [2.75, 3.05) is 0 Å². The normalized spacial score (nSPS) is 11.5. The minimum absolute atomic E-state index is 0.0158. The zero-order valence-electron chi connectivity index (χ0n) is 11.0. The van der Waals surface area contributed by atoms with Gasteiger partial charge in [0.25, 0.3) is 0 Å². The van der Waals surface area contributed by atoms with E-state index in [0.717, 1.165) is 6.07 Å². The highest BCUT2D eigenvalue weighted by Gasteiger charge is 2.21. The number of carboxylic acids is 1. The van der Waals surface area contributed by atoms with E-state index in [2.05, 4.69) is 20.7 Å². The van der Waals surface area contributed by atoms with Gasteiger partial charge in [0.1, 0.15) is 5.76 Å². The number of sulfonamides is 1. The van der Waals surface area contributed by atoms with Gasteiger partial charge in [-0.3, -0.25) is 0 Å². The second-order valence-corrected chi connectivity index (χ2v) is 6.84. The molecule has 2 rings (SSSR count). The van der Waals surface area contributed by atoms with Gasteiger partial charge in [-0.05, 0) is 52.7 Å². The summed E-state index contributed by atoms with van der Waals surface area (Å²) < 4.78 is 32.3. The van der Waals surface area contributed by atoms with Crippen LogP contribution in [0.5, 0.6) is 0 Å². The number of hydrogen-bond donors (Lipinski definition) is 2. The third-order valence-corrected chi connectivity index (χ3v) is 5.51. The topological polar surface area (TPSA) is 96.6 Å². The predicted molar refractivity (Wildman–Crippen MR) is 78.6 cm³/mol. The first-order valence-electron chi connectivity index (χ1n) is 5.87. The fraction of sp³-hybridized carbons (Fsp3) is 0.154. The van der Waals surface area contributed by atoms with E-state index in [1.165, 1.54) is 12.3 Å². The molecule has 0 aliphatic heterocycles. The molecule has 0 saturated heterocycles. The zero-order valence-corrected chi connectivity index (χ0v) is 13.4. The average Bonchev–Trinajstić information content (AvgIpc) is 2.92. The SMILES string of the molecule is Cc1cc(C(=O)O)cc(S(=O)(=O)NCc2ccco2)c1Br. The van der Waals surface area contributed by atoms with E-state index in [0.29, 0.717) is 15.8 Å². The summed E-state index contributed by atoms with van der Waals surface area (Å²) in [6.07, 6.45) is 1.44. The van der Waals surface area contributed by atoms with Gasteiger partial charge in [-0.2, -0.15) is 0 Å². The largest absolute Gasteiger partial charge is 0.478 e. The highest BCUT2D eigenvalue weighted by atomic mass is 79.9. The summed E-state index contributed by atoms with van der Waals surface area (Å²) in [5.74, 6) is -0.728. The van der Waals surface area contributed by atoms with Gasteiger partial charge < -0.3 is 9.52 Å². The van der Waals surface area contributed by atoms with E-state index in [1.54, 1.807) is 19.1 Å². The van der Waals surface area contributed by atoms with Gasteiger partial charge in [0.2, 0.25) is 10.0 Å². The average molecular weight is 374 g/mol. The van der Waals surface area contributed by atoms with Gasteiger partial charge >= 0.3 is 5.97 Å². The molecule has 0 aliphatic carbocycles. The Morgan fingerprint density at radius 2 is 2.14 bits per heavy atom. The molecule has 0 saturated carbocycles. The number of halogens is 1. The molecule has 0 aliphatic rings. The minimum atomic E-state index is -3.87. The van der Waals surface area contributed by atoms with E-state index in [4.69, 9.17) is 9.52 Å².